The number of halogens is 1. The Morgan fingerprint density at radius 1 is 1.50 bits per heavy atom. The number of benzene rings is 1. The molecule has 0 amide bonds. The molecule has 0 radical (unpaired) electrons. The molecular formula is C12H18BrNO2. The van der Waals surface area contributed by atoms with Crippen LogP contribution in [0.1, 0.15) is 6.92 Å². The molecule has 0 spiro atoms. The summed E-state index contributed by atoms with van der Waals surface area (Å²) < 4.78 is 6.11. The summed E-state index contributed by atoms with van der Waals surface area (Å²) in [5.41, 5.74) is 0.997. The highest BCUT2D eigenvalue weighted by Gasteiger charge is 2.15. The van der Waals surface area contributed by atoms with Gasteiger partial charge in [-0.25, -0.2) is 0 Å². The number of anilines is 1. The van der Waals surface area contributed by atoms with E-state index >= 15 is 0 Å². The van der Waals surface area contributed by atoms with Gasteiger partial charge in [0.05, 0.1) is 19.3 Å². The van der Waals surface area contributed by atoms with Crippen molar-refractivity contribution in [3.05, 3.63) is 28.7 Å². The molecule has 2 atom stereocenters. The molecule has 0 heterocycles. The van der Waals surface area contributed by atoms with Crippen LogP contribution in [0.4, 0.5) is 5.69 Å². The van der Waals surface area contributed by atoms with Crippen molar-refractivity contribution in [3.63, 3.8) is 0 Å². The summed E-state index contributed by atoms with van der Waals surface area (Å²) in [7, 11) is 1.67. The summed E-state index contributed by atoms with van der Waals surface area (Å²) in [6, 6.07) is 7.91. The molecule has 2 N–H and O–H groups in total. The quantitative estimate of drug-likeness (QED) is 0.845. The number of hydrogen-bond donors (Lipinski definition) is 2. The van der Waals surface area contributed by atoms with Crippen LogP contribution in [0.2, 0.25) is 0 Å². The average molecular weight is 288 g/mol. The molecule has 3 nitrogen and oxygen atoms in total. The lowest BCUT2D eigenvalue weighted by molar-refractivity contribution is 0.132. The van der Waals surface area contributed by atoms with Crippen molar-refractivity contribution in [2.75, 3.05) is 25.6 Å². The molecule has 2 unspecified atom stereocenters. The van der Waals surface area contributed by atoms with Gasteiger partial charge in [0.15, 0.2) is 0 Å². The largest absolute Gasteiger partial charge is 0.394 e. The van der Waals surface area contributed by atoms with Crippen molar-refractivity contribution >= 4 is 21.6 Å². The summed E-state index contributed by atoms with van der Waals surface area (Å²) in [4.78, 5) is 0. The monoisotopic (exact) mass is 287 g/mol. The second-order valence-corrected chi connectivity index (χ2v) is 4.79. The Bertz CT molecular complexity index is 320. The lowest BCUT2D eigenvalue weighted by Crippen LogP contribution is -2.33. The van der Waals surface area contributed by atoms with E-state index < -0.39 is 0 Å². The molecule has 1 rings (SSSR count). The molecule has 0 aliphatic rings. The first-order chi connectivity index (χ1) is 7.67. The van der Waals surface area contributed by atoms with Crippen molar-refractivity contribution in [2.45, 2.75) is 13.0 Å². The standard InChI is InChI=1S/C12H18BrNO2/c1-9(8-16-2)12(7-15)14-11-5-3-4-10(13)6-11/h3-6,9,12,14-15H,7-8H2,1-2H3. The van der Waals surface area contributed by atoms with Crippen molar-refractivity contribution in [3.8, 4) is 0 Å². The number of hydrogen-bond acceptors (Lipinski definition) is 3. The topological polar surface area (TPSA) is 41.5 Å². The molecular weight excluding hydrogens is 270 g/mol. The zero-order valence-electron chi connectivity index (χ0n) is 9.61. The molecule has 0 aliphatic carbocycles. The molecule has 0 saturated carbocycles. The van der Waals surface area contributed by atoms with Crippen LogP contribution in [0, 0.1) is 5.92 Å². The Hall–Kier alpha value is -0.580. The number of aliphatic hydroxyl groups excluding tert-OH is 1. The van der Waals surface area contributed by atoms with Crippen LogP contribution in [0.3, 0.4) is 0 Å². The van der Waals surface area contributed by atoms with Gasteiger partial charge in [-0.15, -0.1) is 0 Å². The number of methoxy groups -OCH3 is 1. The van der Waals surface area contributed by atoms with Gasteiger partial charge in [-0.1, -0.05) is 28.9 Å². The molecule has 1 aromatic carbocycles. The highest BCUT2D eigenvalue weighted by atomic mass is 79.9. The van der Waals surface area contributed by atoms with Gasteiger partial charge in [0.1, 0.15) is 0 Å². The average Bonchev–Trinajstić information content (AvgIpc) is 2.26. The summed E-state index contributed by atoms with van der Waals surface area (Å²) in [6.07, 6.45) is 0. The highest BCUT2D eigenvalue weighted by molar-refractivity contribution is 9.10. The minimum atomic E-state index is 0.00856. The van der Waals surface area contributed by atoms with Crippen molar-refractivity contribution < 1.29 is 9.84 Å². The van der Waals surface area contributed by atoms with Gasteiger partial charge in [0, 0.05) is 23.2 Å². The van der Waals surface area contributed by atoms with E-state index in [4.69, 9.17) is 4.74 Å². The maximum absolute atomic E-state index is 9.32. The van der Waals surface area contributed by atoms with Gasteiger partial charge in [0.25, 0.3) is 0 Å². The second-order valence-electron chi connectivity index (χ2n) is 3.88. The van der Waals surface area contributed by atoms with Gasteiger partial charge in [-0.2, -0.15) is 0 Å². The van der Waals surface area contributed by atoms with Crippen LogP contribution in [0.25, 0.3) is 0 Å². The Balaban J connectivity index is 2.62. The van der Waals surface area contributed by atoms with E-state index in [0.29, 0.717) is 6.61 Å². The third kappa shape index (κ3) is 4.12. The molecule has 0 aromatic heterocycles. The predicted molar refractivity (Wildman–Crippen MR) is 69.7 cm³/mol. The third-order valence-corrected chi connectivity index (χ3v) is 2.98. The first-order valence-corrected chi connectivity index (χ1v) is 6.08. The van der Waals surface area contributed by atoms with E-state index in [1.807, 2.05) is 24.3 Å². The summed E-state index contributed by atoms with van der Waals surface area (Å²) in [5.74, 6) is 0.258. The van der Waals surface area contributed by atoms with Crippen LogP contribution in [-0.2, 0) is 4.74 Å². The molecule has 16 heavy (non-hydrogen) atoms. The zero-order chi connectivity index (χ0) is 12.0. The van der Waals surface area contributed by atoms with Crippen molar-refractivity contribution in [2.24, 2.45) is 5.92 Å². The van der Waals surface area contributed by atoms with Crippen LogP contribution >= 0.6 is 15.9 Å². The number of rotatable bonds is 6. The van der Waals surface area contributed by atoms with Crippen molar-refractivity contribution in [1.82, 2.24) is 0 Å². The van der Waals surface area contributed by atoms with Gasteiger partial charge in [-0.3, -0.25) is 0 Å². The minimum absolute atomic E-state index is 0.00856. The Labute approximate surface area is 105 Å². The number of ether oxygens (including phenoxy) is 1. The molecule has 1 aromatic rings. The smallest absolute Gasteiger partial charge is 0.0636 e. The number of aliphatic hydroxyl groups is 1. The SMILES string of the molecule is COCC(C)C(CO)Nc1cccc(Br)c1. The molecule has 0 bridgehead atoms. The molecule has 0 saturated heterocycles. The second kappa shape index (κ2) is 6.89. The van der Waals surface area contributed by atoms with Gasteiger partial charge >= 0.3 is 0 Å². The van der Waals surface area contributed by atoms with E-state index in [-0.39, 0.29) is 18.6 Å². The molecule has 0 fully saturated rings. The van der Waals surface area contributed by atoms with Gasteiger partial charge in [-0.05, 0) is 18.2 Å². The van der Waals surface area contributed by atoms with E-state index in [9.17, 15) is 5.11 Å². The Kier molecular flexibility index (Phi) is 5.80. The van der Waals surface area contributed by atoms with Gasteiger partial charge in [0.2, 0.25) is 0 Å². The third-order valence-electron chi connectivity index (χ3n) is 2.49. The zero-order valence-corrected chi connectivity index (χ0v) is 11.2. The van der Waals surface area contributed by atoms with E-state index in [1.54, 1.807) is 7.11 Å². The normalized spacial score (nSPS) is 14.5. The van der Waals surface area contributed by atoms with E-state index in [0.717, 1.165) is 10.2 Å². The lowest BCUT2D eigenvalue weighted by atomic mass is 10.0. The van der Waals surface area contributed by atoms with Crippen LogP contribution in [0.15, 0.2) is 28.7 Å². The Morgan fingerprint density at radius 3 is 2.81 bits per heavy atom. The molecule has 0 aliphatic heterocycles. The fraction of sp³-hybridized carbons (Fsp3) is 0.500. The predicted octanol–water partition coefficient (Wildman–Crippen LogP) is 2.50. The fourth-order valence-corrected chi connectivity index (χ4v) is 1.94. The van der Waals surface area contributed by atoms with E-state index in [2.05, 4.69) is 28.2 Å². The minimum Gasteiger partial charge on any atom is -0.394 e. The molecule has 90 valence electrons. The van der Waals surface area contributed by atoms with Gasteiger partial charge < -0.3 is 15.2 Å². The van der Waals surface area contributed by atoms with Crippen molar-refractivity contribution in [1.29, 1.82) is 0 Å². The lowest BCUT2D eigenvalue weighted by Gasteiger charge is -2.23. The van der Waals surface area contributed by atoms with Crippen LogP contribution in [-0.4, -0.2) is 31.5 Å². The maximum atomic E-state index is 9.32. The van der Waals surface area contributed by atoms with E-state index in [1.165, 1.54) is 0 Å². The summed E-state index contributed by atoms with van der Waals surface area (Å²) in [5, 5.41) is 12.6. The first kappa shape index (κ1) is 13.5. The summed E-state index contributed by atoms with van der Waals surface area (Å²) in [6.45, 7) is 2.78. The Morgan fingerprint density at radius 2 is 2.25 bits per heavy atom. The van der Waals surface area contributed by atoms with Crippen LogP contribution < -0.4 is 5.32 Å². The summed E-state index contributed by atoms with van der Waals surface area (Å²) >= 11 is 3.41. The fourth-order valence-electron chi connectivity index (χ4n) is 1.54. The van der Waals surface area contributed by atoms with Crippen LogP contribution in [0.5, 0.6) is 0 Å². The molecule has 4 heteroatoms. The maximum Gasteiger partial charge on any atom is 0.0636 e. The first-order valence-electron chi connectivity index (χ1n) is 5.29. The highest BCUT2D eigenvalue weighted by Crippen LogP contribution is 2.18. The number of nitrogens with one attached hydrogen (secondary N) is 1.